The molecule has 6 nitrogen and oxygen atoms in total. The number of nitrogens with zero attached hydrogens (tertiary/aromatic N) is 2. The van der Waals surface area contributed by atoms with E-state index in [1.165, 1.54) is 12.1 Å². The Balaban J connectivity index is 3.05. The first-order valence-electron chi connectivity index (χ1n) is 5.62. The number of benzene rings is 1. The van der Waals surface area contributed by atoms with Crippen LogP contribution in [0.2, 0.25) is 5.02 Å². The van der Waals surface area contributed by atoms with E-state index in [9.17, 15) is 14.9 Å². The van der Waals surface area contributed by atoms with Gasteiger partial charge in [-0.15, -0.1) is 0 Å². The van der Waals surface area contributed by atoms with Crippen molar-refractivity contribution >= 4 is 28.9 Å². The minimum Gasteiger partial charge on any atom is -0.481 e. The highest BCUT2D eigenvalue weighted by Crippen LogP contribution is 2.32. The van der Waals surface area contributed by atoms with E-state index in [4.69, 9.17) is 16.7 Å². The molecule has 19 heavy (non-hydrogen) atoms. The van der Waals surface area contributed by atoms with Gasteiger partial charge in [-0.2, -0.15) is 0 Å². The van der Waals surface area contributed by atoms with Crippen molar-refractivity contribution in [1.82, 2.24) is 0 Å². The predicted octanol–water partition coefficient (Wildman–Crippen LogP) is 2.71. The van der Waals surface area contributed by atoms with Crippen molar-refractivity contribution in [3.05, 3.63) is 32.8 Å². The fourth-order valence-electron chi connectivity index (χ4n) is 1.79. The molecule has 0 aliphatic carbocycles. The number of hydrogen-bond donors (Lipinski definition) is 1. The largest absolute Gasteiger partial charge is 0.481 e. The highest BCUT2D eigenvalue weighted by Gasteiger charge is 2.19. The summed E-state index contributed by atoms with van der Waals surface area (Å²) in [5.74, 6) is -1.43. The molecule has 0 radical (unpaired) electrons. The summed E-state index contributed by atoms with van der Waals surface area (Å²) in [5, 5.41) is 19.7. The summed E-state index contributed by atoms with van der Waals surface area (Å²) in [6, 6.07) is 2.88. The van der Waals surface area contributed by atoms with Gasteiger partial charge in [0.25, 0.3) is 5.69 Å². The van der Waals surface area contributed by atoms with Gasteiger partial charge in [0, 0.05) is 25.3 Å². The smallest absolute Gasteiger partial charge is 0.308 e. The van der Waals surface area contributed by atoms with Crippen LogP contribution in [0, 0.1) is 23.0 Å². The quantitative estimate of drug-likeness (QED) is 0.664. The van der Waals surface area contributed by atoms with Gasteiger partial charge >= 0.3 is 5.97 Å². The van der Waals surface area contributed by atoms with Crippen molar-refractivity contribution < 1.29 is 14.8 Å². The second-order valence-corrected chi connectivity index (χ2v) is 4.87. The number of rotatable bonds is 5. The molecule has 0 aliphatic rings. The van der Waals surface area contributed by atoms with Crippen LogP contribution in [0.25, 0.3) is 0 Å². The number of carboxylic acid groups (broad SMARTS) is 1. The van der Waals surface area contributed by atoms with E-state index in [0.717, 1.165) is 0 Å². The third kappa shape index (κ3) is 3.57. The summed E-state index contributed by atoms with van der Waals surface area (Å²) in [5.41, 5.74) is 1.21. The second-order valence-electron chi connectivity index (χ2n) is 4.47. The molecular formula is C12H15ClN2O4. The van der Waals surface area contributed by atoms with Crippen molar-refractivity contribution in [3.63, 3.8) is 0 Å². The SMILES string of the molecule is Cc1cc([N+](=O)[O-])c(Cl)cc1N(C)CC(C)C(=O)O. The van der Waals surface area contributed by atoms with E-state index >= 15 is 0 Å². The summed E-state index contributed by atoms with van der Waals surface area (Å²) < 4.78 is 0. The number of aliphatic carboxylic acids is 1. The van der Waals surface area contributed by atoms with E-state index < -0.39 is 16.8 Å². The molecule has 0 saturated carbocycles. The van der Waals surface area contributed by atoms with Crippen LogP contribution in [-0.2, 0) is 4.79 Å². The normalized spacial score (nSPS) is 12.0. The van der Waals surface area contributed by atoms with Crippen LogP contribution < -0.4 is 4.90 Å². The fraction of sp³-hybridized carbons (Fsp3) is 0.417. The lowest BCUT2D eigenvalue weighted by molar-refractivity contribution is -0.384. The maximum Gasteiger partial charge on any atom is 0.308 e. The summed E-state index contributed by atoms with van der Waals surface area (Å²) in [6.45, 7) is 3.62. The molecule has 104 valence electrons. The Morgan fingerprint density at radius 3 is 2.63 bits per heavy atom. The van der Waals surface area contributed by atoms with Gasteiger partial charge in [0.1, 0.15) is 5.02 Å². The zero-order valence-corrected chi connectivity index (χ0v) is 11.6. The Morgan fingerprint density at radius 2 is 2.16 bits per heavy atom. The highest BCUT2D eigenvalue weighted by molar-refractivity contribution is 6.33. The van der Waals surface area contributed by atoms with Gasteiger partial charge in [-0.3, -0.25) is 14.9 Å². The first kappa shape index (κ1) is 15.2. The zero-order chi connectivity index (χ0) is 14.7. The van der Waals surface area contributed by atoms with Crippen LogP contribution in [0.4, 0.5) is 11.4 Å². The minimum atomic E-state index is -0.891. The standard InChI is InChI=1S/C12H15ClN2O4/c1-7-4-11(15(18)19)9(13)5-10(7)14(3)6-8(2)12(16)17/h4-5,8H,6H2,1-3H3,(H,16,17). The molecule has 0 aliphatic heterocycles. The maximum absolute atomic E-state index is 10.8. The Kier molecular flexibility index (Phi) is 4.72. The molecule has 0 bridgehead atoms. The molecule has 0 spiro atoms. The van der Waals surface area contributed by atoms with Crippen molar-refractivity contribution in [2.75, 3.05) is 18.5 Å². The molecule has 1 atom stereocenters. The lowest BCUT2D eigenvalue weighted by Gasteiger charge is -2.23. The molecule has 0 amide bonds. The van der Waals surface area contributed by atoms with Crippen molar-refractivity contribution in [3.8, 4) is 0 Å². The first-order chi connectivity index (χ1) is 8.73. The van der Waals surface area contributed by atoms with Crippen LogP contribution in [0.5, 0.6) is 0 Å². The van der Waals surface area contributed by atoms with E-state index in [-0.39, 0.29) is 10.7 Å². The Bertz CT molecular complexity index is 519. The summed E-state index contributed by atoms with van der Waals surface area (Å²) in [7, 11) is 1.73. The van der Waals surface area contributed by atoms with Crippen molar-refractivity contribution in [1.29, 1.82) is 0 Å². The third-order valence-corrected chi connectivity index (χ3v) is 3.15. The van der Waals surface area contributed by atoms with Crippen LogP contribution in [0.3, 0.4) is 0 Å². The van der Waals surface area contributed by atoms with Crippen LogP contribution in [0.1, 0.15) is 12.5 Å². The number of nitro groups is 1. The van der Waals surface area contributed by atoms with Gasteiger partial charge in [0.05, 0.1) is 10.8 Å². The Labute approximate surface area is 115 Å². The minimum absolute atomic E-state index is 0.0421. The van der Waals surface area contributed by atoms with Gasteiger partial charge in [0.2, 0.25) is 0 Å². The van der Waals surface area contributed by atoms with Crippen molar-refractivity contribution in [2.45, 2.75) is 13.8 Å². The zero-order valence-electron chi connectivity index (χ0n) is 10.9. The molecule has 1 unspecified atom stereocenters. The Morgan fingerprint density at radius 1 is 1.58 bits per heavy atom. The highest BCUT2D eigenvalue weighted by atomic mass is 35.5. The lowest BCUT2D eigenvalue weighted by atomic mass is 10.1. The number of hydrogen-bond acceptors (Lipinski definition) is 4. The summed E-state index contributed by atoms with van der Waals surface area (Å²) in [6.07, 6.45) is 0. The molecule has 0 heterocycles. The number of aryl methyl sites for hydroxylation is 1. The number of carboxylic acids is 1. The van der Waals surface area contributed by atoms with E-state index in [1.807, 2.05) is 0 Å². The van der Waals surface area contributed by atoms with Crippen LogP contribution in [0.15, 0.2) is 12.1 Å². The lowest BCUT2D eigenvalue weighted by Crippen LogP contribution is -2.28. The van der Waals surface area contributed by atoms with Crippen LogP contribution >= 0.6 is 11.6 Å². The van der Waals surface area contributed by atoms with Gasteiger partial charge in [0.15, 0.2) is 0 Å². The molecule has 0 aromatic heterocycles. The molecular weight excluding hydrogens is 272 g/mol. The van der Waals surface area contributed by atoms with E-state index in [2.05, 4.69) is 0 Å². The topological polar surface area (TPSA) is 83.7 Å². The fourth-order valence-corrected chi connectivity index (χ4v) is 2.02. The number of halogens is 1. The third-order valence-electron chi connectivity index (χ3n) is 2.84. The molecule has 7 heteroatoms. The molecule has 1 rings (SSSR count). The average Bonchev–Trinajstić information content (AvgIpc) is 2.30. The van der Waals surface area contributed by atoms with Crippen molar-refractivity contribution in [2.24, 2.45) is 5.92 Å². The van der Waals surface area contributed by atoms with Gasteiger partial charge < -0.3 is 10.0 Å². The molecule has 1 aromatic carbocycles. The second kappa shape index (κ2) is 5.88. The van der Waals surface area contributed by atoms with E-state index in [1.54, 1.807) is 25.8 Å². The molecule has 1 N–H and O–H groups in total. The summed E-state index contributed by atoms with van der Waals surface area (Å²) >= 11 is 5.85. The first-order valence-corrected chi connectivity index (χ1v) is 6.00. The summed E-state index contributed by atoms with van der Waals surface area (Å²) in [4.78, 5) is 22.8. The predicted molar refractivity (Wildman–Crippen MR) is 72.9 cm³/mol. The number of carbonyl (C=O) groups is 1. The van der Waals surface area contributed by atoms with E-state index in [0.29, 0.717) is 17.8 Å². The monoisotopic (exact) mass is 286 g/mol. The number of anilines is 1. The van der Waals surface area contributed by atoms with Gasteiger partial charge in [-0.1, -0.05) is 18.5 Å². The van der Waals surface area contributed by atoms with Crippen LogP contribution in [-0.4, -0.2) is 29.6 Å². The number of nitro benzene ring substituents is 1. The molecule has 1 aromatic rings. The van der Waals surface area contributed by atoms with Gasteiger partial charge in [-0.25, -0.2) is 0 Å². The maximum atomic E-state index is 10.8. The molecule has 0 fully saturated rings. The Hall–Kier alpha value is -1.82. The van der Waals surface area contributed by atoms with Gasteiger partial charge in [-0.05, 0) is 18.6 Å². The molecule has 0 saturated heterocycles. The average molecular weight is 287 g/mol.